The second-order valence-corrected chi connectivity index (χ2v) is 5.53. The minimum Gasteiger partial charge on any atom is -0.497 e. The fourth-order valence-corrected chi connectivity index (χ4v) is 2.96. The molecule has 0 spiro atoms. The van der Waals surface area contributed by atoms with Gasteiger partial charge in [0.25, 0.3) is 0 Å². The first-order valence-electron chi connectivity index (χ1n) is 5.77. The van der Waals surface area contributed by atoms with Gasteiger partial charge in [-0.25, -0.2) is 8.78 Å². The molecule has 0 heterocycles. The number of nitrogen functional groups attached to an aromatic ring is 1. The van der Waals surface area contributed by atoms with Gasteiger partial charge in [-0.3, -0.25) is 4.21 Å². The summed E-state index contributed by atoms with van der Waals surface area (Å²) < 4.78 is 44.0. The molecule has 0 bridgehead atoms. The van der Waals surface area contributed by atoms with Gasteiger partial charge in [-0.2, -0.15) is 0 Å². The second-order valence-electron chi connectivity index (χ2n) is 4.11. The molecule has 0 aromatic heterocycles. The molecule has 2 N–H and O–H groups in total. The smallest absolute Gasteiger partial charge is 0.162 e. The molecule has 0 aliphatic carbocycles. The van der Waals surface area contributed by atoms with Crippen molar-refractivity contribution in [3.8, 4) is 5.75 Å². The highest BCUT2D eigenvalue weighted by Crippen LogP contribution is 2.25. The van der Waals surface area contributed by atoms with E-state index in [-0.39, 0.29) is 11.3 Å². The average molecular weight is 297 g/mol. The highest BCUT2D eigenvalue weighted by Gasteiger charge is 2.14. The van der Waals surface area contributed by atoms with Gasteiger partial charge in [-0.15, -0.1) is 0 Å². The third kappa shape index (κ3) is 2.96. The summed E-state index contributed by atoms with van der Waals surface area (Å²) in [6, 6.07) is 8.52. The molecular weight excluding hydrogens is 284 g/mol. The van der Waals surface area contributed by atoms with Crippen molar-refractivity contribution in [1.29, 1.82) is 0 Å². The maximum Gasteiger partial charge on any atom is 0.162 e. The number of rotatable bonds is 4. The highest BCUT2D eigenvalue weighted by atomic mass is 32.2. The normalized spacial score (nSPS) is 12.2. The Morgan fingerprint density at radius 3 is 2.70 bits per heavy atom. The van der Waals surface area contributed by atoms with Crippen LogP contribution in [0.3, 0.4) is 0 Å². The predicted molar refractivity (Wildman–Crippen MR) is 73.9 cm³/mol. The Morgan fingerprint density at radius 2 is 2.00 bits per heavy atom. The van der Waals surface area contributed by atoms with E-state index in [2.05, 4.69) is 0 Å². The van der Waals surface area contributed by atoms with E-state index in [1.165, 1.54) is 25.3 Å². The summed E-state index contributed by atoms with van der Waals surface area (Å²) in [5.74, 6) is -1.59. The molecule has 2 aromatic carbocycles. The van der Waals surface area contributed by atoms with Crippen molar-refractivity contribution in [3.05, 3.63) is 53.6 Å². The van der Waals surface area contributed by atoms with Crippen LogP contribution in [0.15, 0.2) is 41.3 Å². The molecule has 2 rings (SSSR count). The van der Waals surface area contributed by atoms with E-state index >= 15 is 0 Å². The summed E-state index contributed by atoms with van der Waals surface area (Å²) in [7, 11) is -0.111. The van der Waals surface area contributed by atoms with Gasteiger partial charge in [-0.1, -0.05) is 12.1 Å². The van der Waals surface area contributed by atoms with Crippen LogP contribution in [0.4, 0.5) is 14.5 Å². The highest BCUT2D eigenvalue weighted by molar-refractivity contribution is 7.84. The lowest BCUT2D eigenvalue weighted by atomic mass is 10.2. The van der Waals surface area contributed by atoms with E-state index in [1.807, 2.05) is 0 Å². The molecule has 2 aromatic rings. The van der Waals surface area contributed by atoms with Crippen molar-refractivity contribution in [1.82, 2.24) is 0 Å². The minimum atomic E-state index is -1.59. The van der Waals surface area contributed by atoms with Gasteiger partial charge < -0.3 is 10.5 Å². The SMILES string of the molecule is COc1ccc(N)c(S(=O)Cc2cccc(F)c2F)c1. The summed E-state index contributed by atoms with van der Waals surface area (Å²) in [5.41, 5.74) is 6.12. The van der Waals surface area contributed by atoms with Gasteiger partial charge >= 0.3 is 0 Å². The molecule has 3 nitrogen and oxygen atoms in total. The monoisotopic (exact) mass is 297 g/mol. The Bertz CT molecular complexity index is 662. The molecule has 1 unspecified atom stereocenters. The first-order chi connectivity index (χ1) is 9.52. The third-order valence-corrected chi connectivity index (χ3v) is 4.20. The zero-order valence-corrected chi connectivity index (χ0v) is 11.5. The molecule has 0 aliphatic heterocycles. The quantitative estimate of drug-likeness (QED) is 0.883. The van der Waals surface area contributed by atoms with Crippen LogP contribution in [0.1, 0.15) is 5.56 Å². The number of methoxy groups -OCH3 is 1. The standard InChI is InChI=1S/C14H13F2NO2S/c1-19-10-5-6-12(17)13(7-10)20(18)8-9-3-2-4-11(15)14(9)16/h2-7H,8,17H2,1H3. The lowest BCUT2D eigenvalue weighted by molar-refractivity contribution is 0.413. The summed E-state index contributed by atoms with van der Waals surface area (Å²) in [5, 5.41) is 0. The number of anilines is 1. The summed E-state index contributed by atoms with van der Waals surface area (Å²) in [4.78, 5) is 0.341. The van der Waals surface area contributed by atoms with Crippen molar-refractivity contribution in [2.75, 3.05) is 12.8 Å². The van der Waals surface area contributed by atoms with Crippen LogP contribution in [0.2, 0.25) is 0 Å². The third-order valence-electron chi connectivity index (χ3n) is 2.78. The van der Waals surface area contributed by atoms with Crippen LogP contribution in [0.5, 0.6) is 5.75 Å². The summed E-state index contributed by atoms with van der Waals surface area (Å²) in [6.45, 7) is 0. The van der Waals surface area contributed by atoms with Crippen LogP contribution in [-0.4, -0.2) is 11.3 Å². The van der Waals surface area contributed by atoms with E-state index in [4.69, 9.17) is 10.5 Å². The van der Waals surface area contributed by atoms with E-state index in [9.17, 15) is 13.0 Å². The number of hydrogen-bond donors (Lipinski definition) is 1. The van der Waals surface area contributed by atoms with Gasteiger partial charge in [0.05, 0.1) is 28.6 Å². The Morgan fingerprint density at radius 1 is 1.25 bits per heavy atom. The first kappa shape index (κ1) is 14.5. The maximum absolute atomic E-state index is 13.6. The second kappa shape index (κ2) is 6.00. The Kier molecular flexibility index (Phi) is 4.34. The molecule has 0 aliphatic rings. The Hall–Kier alpha value is -1.95. The topological polar surface area (TPSA) is 52.3 Å². The van der Waals surface area contributed by atoms with Gasteiger partial charge in [0, 0.05) is 11.3 Å². The number of nitrogens with two attached hydrogens (primary N) is 1. The fraction of sp³-hybridized carbons (Fsp3) is 0.143. The molecule has 20 heavy (non-hydrogen) atoms. The zero-order valence-electron chi connectivity index (χ0n) is 10.7. The lowest BCUT2D eigenvalue weighted by Crippen LogP contribution is -2.04. The van der Waals surface area contributed by atoms with E-state index in [0.29, 0.717) is 16.3 Å². The molecule has 0 fully saturated rings. The summed E-state index contributed by atoms with van der Waals surface area (Å²) >= 11 is 0. The van der Waals surface area contributed by atoms with Gasteiger partial charge in [0.1, 0.15) is 5.75 Å². The molecule has 0 amide bonds. The van der Waals surface area contributed by atoms with E-state index in [0.717, 1.165) is 6.07 Å². The van der Waals surface area contributed by atoms with Crippen molar-refractivity contribution >= 4 is 16.5 Å². The largest absolute Gasteiger partial charge is 0.497 e. The molecule has 6 heteroatoms. The Balaban J connectivity index is 2.30. The van der Waals surface area contributed by atoms with Crippen molar-refractivity contribution in [2.45, 2.75) is 10.6 Å². The number of hydrogen-bond acceptors (Lipinski definition) is 3. The Labute approximate surface area is 117 Å². The van der Waals surface area contributed by atoms with Crippen LogP contribution < -0.4 is 10.5 Å². The van der Waals surface area contributed by atoms with Crippen molar-refractivity contribution in [3.63, 3.8) is 0 Å². The van der Waals surface area contributed by atoms with Crippen LogP contribution in [0, 0.1) is 11.6 Å². The molecule has 1 atom stereocenters. The van der Waals surface area contributed by atoms with Gasteiger partial charge in [0.2, 0.25) is 0 Å². The zero-order chi connectivity index (χ0) is 14.7. The van der Waals surface area contributed by atoms with Gasteiger partial charge in [0.15, 0.2) is 11.6 Å². The van der Waals surface area contributed by atoms with Crippen LogP contribution in [0.25, 0.3) is 0 Å². The molecular formula is C14H13F2NO2S. The average Bonchev–Trinajstić information content (AvgIpc) is 2.44. The summed E-state index contributed by atoms with van der Waals surface area (Å²) in [6.07, 6.45) is 0. The molecule has 0 saturated carbocycles. The number of benzene rings is 2. The van der Waals surface area contributed by atoms with Crippen LogP contribution >= 0.6 is 0 Å². The van der Waals surface area contributed by atoms with E-state index in [1.54, 1.807) is 12.1 Å². The van der Waals surface area contributed by atoms with E-state index < -0.39 is 22.4 Å². The lowest BCUT2D eigenvalue weighted by Gasteiger charge is -2.09. The van der Waals surface area contributed by atoms with Crippen molar-refractivity contribution < 1.29 is 17.7 Å². The first-order valence-corrected chi connectivity index (χ1v) is 7.09. The van der Waals surface area contributed by atoms with Crippen molar-refractivity contribution in [2.24, 2.45) is 0 Å². The molecule has 106 valence electrons. The maximum atomic E-state index is 13.6. The van der Waals surface area contributed by atoms with Crippen LogP contribution in [-0.2, 0) is 16.6 Å². The predicted octanol–water partition coefficient (Wildman–Crippen LogP) is 2.86. The molecule has 0 radical (unpaired) electrons. The van der Waals surface area contributed by atoms with Gasteiger partial charge in [-0.05, 0) is 24.3 Å². The fourth-order valence-electron chi connectivity index (χ4n) is 1.72. The molecule has 0 saturated heterocycles. The minimum absolute atomic E-state index is 0.0468. The number of ether oxygens (including phenoxy) is 1. The number of halogens is 2.